The third kappa shape index (κ3) is 6.03. The Hall–Kier alpha value is -1.44. The topological polar surface area (TPSA) is 81.9 Å². The van der Waals surface area contributed by atoms with Crippen molar-refractivity contribution in [3.63, 3.8) is 0 Å². The first-order valence-electron chi connectivity index (χ1n) is 10.0. The van der Waals surface area contributed by atoms with E-state index in [4.69, 9.17) is 10.5 Å². The van der Waals surface area contributed by atoms with Crippen molar-refractivity contribution in [2.75, 3.05) is 43.6 Å². The molecule has 0 saturated carbocycles. The molecule has 1 aromatic rings. The largest absolute Gasteiger partial charge is 0.598 e. The number of hydrogen-bond donors (Lipinski definition) is 1. The molecule has 1 aliphatic heterocycles. The molecule has 2 unspecified atom stereocenters. The molecule has 2 N–H and O–H groups in total. The number of nitrogens with zero attached hydrogens (tertiary/aromatic N) is 2. The SMILES string of the molecule is COC(=O)CC(C)c1ccc(N(CC(C)C)C2CCN([S+](C)[O-])CC2)c(N)c1. The predicted octanol–water partition coefficient (Wildman–Crippen LogP) is 3.16. The lowest BCUT2D eigenvalue weighted by molar-refractivity contribution is -0.140. The number of nitrogens with two attached hydrogens (primary N) is 1. The number of benzene rings is 1. The summed E-state index contributed by atoms with van der Waals surface area (Å²) in [6, 6.07) is 6.54. The van der Waals surface area contributed by atoms with Crippen molar-refractivity contribution in [1.82, 2.24) is 4.31 Å². The van der Waals surface area contributed by atoms with Gasteiger partial charge in [-0.1, -0.05) is 26.8 Å². The maximum absolute atomic E-state index is 11.7. The standard InChI is InChI=1S/C21H35N3O3S/c1-15(2)14-24(18-8-10-23(11-9-18)28(5)26)20-7-6-17(13-19(20)22)16(3)12-21(25)27-4/h6-7,13,15-16,18H,8-12,14,22H2,1-5H3. The van der Waals surface area contributed by atoms with Crippen LogP contribution in [0.5, 0.6) is 0 Å². The van der Waals surface area contributed by atoms with Gasteiger partial charge < -0.3 is 19.9 Å². The van der Waals surface area contributed by atoms with Crippen LogP contribution < -0.4 is 10.6 Å². The Balaban J connectivity index is 2.18. The van der Waals surface area contributed by atoms with E-state index in [1.807, 2.05) is 17.3 Å². The van der Waals surface area contributed by atoms with Crippen LogP contribution in [0.2, 0.25) is 0 Å². The average molecular weight is 410 g/mol. The number of rotatable bonds is 8. The summed E-state index contributed by atoms with van der Waals surface area (Å²) in [5.41, 5.74) is 9.31. The second-order valence-electron chi connectivity index (χ2n) is 8.13. The van der Waals surface area contributed by atoms with E-state index in [1.54, 1.807) is 6.26 Å². The molecular formula is C21H35N3O3S. The van der Waals surface area contributed by atoms with Crippen molar-refractivity contribution in [3.8, 4) is 0 Å². The Morgan fingerprint density at radius 3 is 2.50 bits per heavy atom. The molecule has 0 amide bonds. The van der Waals surface area contributed by atoms with Gasteiger partial charge in [0.25, 0.3) is 0 Å². The Morgan fingerprint density at radius 1 is 1.36 bits per heavy atom. The minimum atomic E-state index is -0.902. The van der Waals surface area contributed by atoms with Crippen molar-refractivity contribution < 1.29 is 14.1 Å². The summed E-state index contributed by atoms with van der Waals surface area (Å²) in [5, 5.41) is 0. The van der Waals surface area contributed by atoms with Crippen molar-refractivity contribution in [2.24, 2.45) is 5.92 Å². The summed E-state index contributed by atoms with van der Waals surface area (Å²) in [4.78, 5) is 14.0. The van der Waals surface area contributed by atoms with E-state index in [-0.39, 0.29) is 11.9 Å². The third-order valence-electron chi connectivity index (χ3n) is 5.42. The number of ether oxygens (including phenoxy) is 1. The van der Waals surface area contributed by atoms with Crippen LogP contribution in [-0.4, -0.2) is 53.9 Å². The van der Waals surface area contributed by atoms with Gasteiger partial charge in [-0.2, -0.15) is 0 Å². The van der Waals surface area contributed by atoms with Crippen molar-refractivity contribution in [3.05, 3.63) is 23.8 Å². The van der Waals surface area contributed by atoms with Crippen molar-refractivity contribution >= 4 is 28.7 Å². The van der Waals surface area contributed by atoms with Crippen LogP contribution in [0.4, 0.5) is 11.4 Å². The Morgan fingerprint density at radius 2 is 2.00 bits per heavy atom. The van der Waals surface area contributed by atoms with Gasteiger partial charge in [0.15, 0.2) is 0 Å². The zero-order valence-corrected chi connectivity index (χ0v) is 18.6. The number of methoxy groups -OCH3 is 1. The average Bonchev–Trinajstić information content (AvgIpc) is 2.66. The molecule has 1 fully saturated rings. The van der Waals surface area contributed by atoms with E-state index in [1.165, 1.54) is 7.11 Å². The molecule has 2 atom stereocenters. The van der Waals surface area contributed by atoms with Crippen LogP contribution in [-0.2, 0) is 20.9 Å². The van der Waals surface area contributed by atoms with Crippen LogP contribution in [0.3, 0.4) is 0 Å². The molecule has 1 aliphatic rings. The quantitative estimate of drug-likeness (QED) is 0.403. The highest BCUT2D eigenvalue weighted by Crippen LogP contribution is 2.33. The number of piperidine rings is 1. The summed E-state index contributed by atoms with van der Waals surface area (Å²) in [6.07, 6.45) is 4.05. The third-order valence-corrected chi connectivity index (χ3v) is 6.51. The molecule has 0 spiro atoms. The van der Waals surface area contributed by atoms with E-state index in [0.29, 0.717) is 18.4 Å². The molecule has 6 nitrogen and oxygen atoms in total. The molecule has 0 bridgehead atoms. The Labute approximate surface area is 172 Å². The smallest absolute Gasteiger partial charge is 0.306 e. The predicted molar refractivity (Wildman–Crippen MR) is 117 cm³/mol. The van der Waals surface area contributed by atoms with Crippen LogP contribution in [0.25, 0.3) is 0 Å². The van der Waals surface area contributed by atoms with Gasteiger partial charge in [-0.3, -0.25) is 4.79 Å². The highest BCUT2D eigenvalue weighted by Gasteiger charge is 2.29. The fourth-order valence-corrected chi connectivity index (χ4v) is 4.57. The Bertz CT molecular complexity index is 646. The maximum Gasteiger partial charge on any atom is 0.306 e. The summed E-state index contributed by atoms with van der Waals surface area (Å²) in [6.45, 7) is 9.06. The molecular weight excluding hydrogens is 374 g/mol. The van der Waals surface area contributed by atoms with Gasteiger partial charge in [0, 0.05) is 37.0 Å². The lowest BCUT2D eigenvalue weighted by Crippen LogP contribution is -2.47. The highest BCUT2D eigenvalue weighted by atomic mass is 32.2. The lowest BCUT2D eigenvalue weighted by Gasteiger charge is -2.40. The van der Waals surface area contributed by atoms with E-state index in [0.717, 1.165) is 49.4 Å². The molecule has 2 rings (SSSR count). The molecule has 1 heterocycles. The maximum atomic E-state index is 11.7. The summed E-state index contributed by atoms with van der Waals surface area (Å²) in [7, 11) is 1.41. The minimum Gasteiger partial charge on any atom is -0.598 e. The van der Waals surface area contributed by atoms with Gasteiger partial charge in [0.05, 0.1) is 24.9 Å². The molecule has 1 aromatic carbocycles. The first-order chi connectivity index (χ1) is 13.2. The molecule has 7 heteroatoms. The normalized spacial score (nSPS) is 18.1. The molecule has 0 aliphatic carbocycles. The van der Waals surface area contributed by atoms with Gasteiger partial charge in [0.2, 0.25) is 0 Å². The fraction of sp³-hybridized carbons (Fsp3) is 0.667. The number of nitrogen functional groups attached to an aromatic ring is 1. The number of anilines is 2. The van der Waals surface area contributed by atoms with E-state index in [2.05, 4.69) is 30.9 Å². The van der Waals surface area contributed by atoms with Gasteiger partial charge in [-0.15, -0.1) is 4.31 Å². The van der Waals surface area contributed by atoms with Crippen LogP contribution in [0, 0.1) is 5.92 Å². The number of carbonyl (C=O) groups is 1. The van der Waals surface area contributed by atoms with Crippen LogP contribution >= 0.6 is 0 Å². The first-order valence-corrected chi connectivity index (χ1v) is 11.6. The van der Waals surface area contributed by atoms with Gasteiger partial charge in [0.1, 0.15) is 6.26 Å². The number of hydrogen-bond acceptors (Lipinski definition) is 6. The second kappa shape index (κ2) is 10.4. The van der Waals surface area contributed by atoms with Crippen LogP contribution in [0.1, 0.15) is 51.5 Å². The fourth-order valence-electron chi connectivity index (χ4n) is 3.84. The lowest BCUT2D eigenvalue weighted by atomic mass is 9.95. The molecule has 0 aromatic heterocycles. The molecule has 0 radical (unpaired) electrons. The number of carbonyl (C=O) groups excluding carboxylic acids is 1. The van der Waals surface area contributed by atoms with E-state index in [9.17, 15) is 9.35 Å². The second-order valence-corrected chi connectivity index (χ2v) is 9.49. The van der Waals surface area contributed by atoms with Gasteiger partial charge in [-0.05, 0) is 42.4 Å². The van der Waals surface area contributed by atoms with Gasteiger partial charge >= 0.3 is 5.97 Å². The molecule has 158 valence electrons. The summed E-state index contributed by atoms with van der Waals surface area (Å²) >= 11 is -0.902. The summed E-state index contributed by atoms with van der Waals surface area (Å²) < 4.78 is 18.6. The van der Waals surface area contributed by atoms with Crippen LogP contribution in [0.15, 0.2) is 18.2 Å². The zero-order chi connectivity index (χ0) is 20.8. The van der Waals surface area contributed by atoms with Gasteiger partial charge in [-0.25, -0.2) is 0 Å². The van der Waals surface area contributed by atoms with E-state index < -0.39 is 11.4 Å². The number of esters is 1. The van der Waals surface area contributed by atoms with Crippen molar-refractivity contribution in [2.45, 2.75) is 52.0 Å². The zero-order valence-electron chi connectivity index (χ0n) is 17.8. The molecule has 1 saturated heterocycles. The monoisotopic (exact) mass is 409 g/mol. The minimum absolute atomic E-state index is 0.0603. The summed E-state index contributed by atoms with van der Waals surface area (Å²) in [5.74, 6) is 0.359. The van der Waals surface area contributed by atoms with E-state index >= 15 is 0 Å². The molecule has 28 heavy (non-hydrogen) atoms. The first kappa shape index (κ1) is 22.8. The highest BCUT2D eigenvalue weighted by molar-refractivity contribution is 7.88. The Kier molecular flexibility index (Phi) is 8.46. The van der Waals surface area contributed by atoms with Crippen molar-refractivity contribution in [1.29, 1.82) is 0 Å².